The van der Waals surface area contributed by atoms with E-state index in [1.54, 1.807) is 6.20 Å². The number of carbonyl (C=O) groups excluding carboxylic acids is 1. The van der Waals surface area contributed by atoms with Gasteiger partial charge in [0, 0.05) is 37.3 Å². The molecule has 6 rings (SSSR count). The fraction of sp³-hybridized carbons (Fsp3) is 0.833. The van der Waals surface area contributed by atoms with Crippen LogP contribution in [0.1, 0.15) is 57.8 Å². The number of fused-ring (bicyclic) bond motifs is 3. The van der Waals surface area contributed by atoms with Crippen LogP contribution >= 0.6 is 0 Å². The Morgan fingerprint density at radius 2 is 1.84 bits per heavy atom. The molecule has 0 amide bonds. The van der Waals surface area contributed by atoms with Gasteiger partial charge in [0.25, 0.3) is 0 Å². The summed E-state index contributed by atoms with van der Waals surface area (Å²) in [5.41, 5.74) is 6.20. The van der Waals surface area contributed by atoms with Crippen LogP contribution in [0.5, 0.6) is 0 Å². The number of hydrogen-bond donors (Lipinski definition) is 2. The van der Waals surface area contributed by atoms with Crippen molar-refractivity contribution < 1.29 is 19.4 Å². The number of Topliss-reactive ketones (excluding diaryl/α,β-unsaturated/α-hetero) is 1. The number of ether oxygens (including phenoxy) is 1. The third kappa shape index (κ3) is 3.18. The van der Waals surface area contributed by atoms with E-state index >= 15 is 0 Å². The van der Waals surface area contributed by atoms with E-state index in [-0.39, 0.29) is 53.6 Å². The van der Waals surface area contributed by atoms with Gasteiger partial charge in [0.05, 0.1) is 24.3 Å². The minimum absolute atomic E-state index is 0.0203. The van der Waals surface area contributed by atoms with Gasteiger partial charge in [0.15, 0.2) is 5.78 Å². The molecule has 2 saturated heterocycles. The fourth-order valence-electron chi connectivity index (χ4n) is 7.94. The van der Waals surface area contributed by atoms with Gasteiger partial charge in [-0.05, 0) is 43.9 Å². The Labute approximate surface area is 183 Å². The molecule has 170 valence electrons. The van der Waals surface area contributed by atoms with Crippen LogP contribution in [-0.2, 0) is 14.3 Å². The summed E-state index contributed by atoms with van der Waals surface area (Å²) in [7, 11) is 0. The van der Waals surface area contributed by atoms with Gasteiger partial charge in [-0.3, -0.25) is 9.69 Å². The van der Waals surface area contributed by atoms with Crippen LogP contribution in [0, 0.1) is 17.8 Å². The van der Waals surface area contributed by atoms with E-state index < -0.39 is 5.97 Å². The lowest BCUT2D eigenvalue weighted by Crippen LogP contribution is -2.71. The third-order valence-electron chi connectivity index (χ3n) is 9.37. The number of hydrogen-bond acceptors (Lipinski definition) is 6. The van der Waals surface area contributed by atoms with Crippen molar-refractivity contribution in [3.8, 4) is 0 Å². The monoisotopic (exact) mass is 429 g/mol. The highest BCUT2D eigenvalue weighted by atomic mass is 16.5. The molecule has 31 heavy (non-hydrogen) atoms. The molecule has 7 nitrogen and oxygen atoms in total. The lowest BCUT2D eigenvalue weighted by molar-refractivity contribution is -0.210. The number of rotatable bonds is 2. The summed E-state index contributed by atoms with van der Waals surface area (Å²) in [4.78, 5) is 29.9. The minimum Gasteiger partial charge on any atom is -0.478 e. The number of ketones is 1. The number of carbonyl (C=O) groups is 2. The van der Waals surface area contributed by atoms with Crippen molar-refractivity contribution in [2.45, 2.75) is 94.2 Å². The Balaban J connectivity index is 1.37. The molecule has 0 aromatic carbocycles. The van der Waals surface area contributed by atoms with Gasteiger partial charge in [-0.1, -0.05) is 25.7 Å². The Hall–Kier alpha value is -1.44. The van der Waals surface area contributed by atoms with Crippen LogP contribution < -0.4 is 5.73 Å². The highest BCUT2D eigenvalue weighted by molar-refractivity contribution is 6.18. The van der Waals surface area contributed by atoms with E-state index in [4.69, 9.17) is 10.5 Å². The molecule has 9 atom stereocenters. The first-order valence-corrected chi connectivity index (χ1v) is 12.4. The molecule has 3 aliphatic carbocycles. The standard InChI is InChI=1S/C24H35N3O4/c25-15-7-8-26(11-15)18-6-5-16-21-23(18)31-20-10-14-4-2-1-3-13(14)9-19(20)27(21)12-17(22(16)28)24(29)30/h12-16,18-21,23H,1-11,25H2,(H,29,30). The summed E-state index contributed by atoms with van der Waals surface area (Å²) in [6, 6.07) is 0.655. The maximum absolute atomic E-state index is 13.1. The molecule has 0 spiro atoms. The van der Waals surface area contributed by atoms with Crippen molar-refractivity contribution in [1.82, 2.24) is 9.80 Å². The fourth-order valence-corrected chi connectivity index (χ4v) is 7.94. The van der Waals surface area contributed by atoms with Crippen molar-refractivity contribution in [3.63, 3.8) is 0 Å². The van der Waals surface area contributed by atoms with Gasteiger partial charge in [0.1, 0.15) is 5.57 Å². The molecule has 0 aromatic rings. The average molecular weight is 430 g/mol. The molecular weight excluding hydrogens is 394 g/mol. The quantitative estimate of drug-likeness (QED) is 0.646. The molecule has 5 fully saturated rings. The molecule has 3 saturated carbocycles. The average Bonchev–Trinajstić information content (AvgIpc) is 3.19. The van der Waals surface area contributed by atoms with Crippen molar-refractivity contribution >= 4 is 11.8 Å². The lowest BCUT2D eigenvalue weighted by Gasteiger charge is -2.61. The Bertz CT molecular complexity index is 800. The highest BCUT2D eigenvalue weighted by Crippen LogP contribution is 2.50. The van der Waals surface area contributed by atoms with Crippen molar-refractivity contribution in [3.05, 3.63) is 11.8 Å². The lowest BCUT2D eigenvalue weighted by atomic mass is 9.65. The minimum atomic E-state index is -1.08. The summed E-state index contributed by atoms with van der Waals surface area (Å²) in [6.45, 7) is 1.89. The summed E-state index contributed by atoms with van der Waals surface area (Å²) >= 11 is 0. The molecule has 3 N–H and O–H groups in total. The maximum atomic E-state index is 13.1. The van der Waals surface area contributed by atoms with Crippen LogP contribution in [-0.4, -0.2) is 76.1 Å². The summed E-state index contributed by atoms with van der Waals surface area (Å²) in [5, 5.41) is 9.76. The molecule has 0 bridgehead atoms. The second-order valence-electron chi connectivity index (χ2n) is 10.9. The number of likely N-dealkylation sites (tertiary alicyclic amines) is 1. The Morgan fingerprint density at radius 3 is 2.55 bits per heavy atom. The second-order valence-corrected chi connectivity index (χ2v) is 10.9. The number of morpholine rings is 1. The van der Waals surface area contributed by atoms with Crippen LogP contribution in [0.2, 0.25) is 0 Å². The molecule has 0 aromatic heterocycles. The van der Waals surface area contributed by atoms with Crippen LogP contribution in [0.3, 0.4) is 0 Å². The van der Waals surface area contributed by atoms with Crippen molar-refractivity contribution in [1.29, 1.82) is 0 Å². The van der Waals surface area contributed by atoms with E-state index in [9.17, 15) is 14.7 Å². The number of carboxylic acid groups (broad SMARTS) is 1. The maximum Gasteiger partial charge on any atom is 0.340 e. The van der Waals surface area contributed by atoms with Gasteiger partial charge in [0.2, 0.25) is 0 Å². The van der Waals surface area contributed by atoms with Crippen molar-refractivity contribution in [2.75, 3.05) is 13.1 Å². The second kappa shape index (κ2) is 7.56. The first-order valence-electron chi connectivity index (χ1n) is 12.4. The van der Waals surface area contributed by atoms with Gasteiger partial charge in [-0.25, -0.2) is 4.79 Å². The summed E-state index contributed by atoms with van der Waals surface area (Å²) < 4.78 is 6.93. The zero-order valence-corrected chi connectivity index (χ0v) is 18.2. The topological polar surface area (TPSA) is 96.1 Å². The number of aliphatic carboxylic acids is 1. The number of nitrogens with two attached hydrogens (primary N) is 1. The van der Waals surface area contributed by atoms with Crippen molar-refractivity contribution in [2.24, 2.45) is 23.5 Å². The summed E-state index contributed by atoms with van der Waals surface area (Å²) in [5.74, 6) is -0.0905. The molecule has 7 heteroatoms. The highest BCUT2D eigenvalue weighted by Gasteiger charge is 2.58. The first-order chi connectivity index (χ1) is 15.0. The Morgan fingerprint density at radius 1 is 1.06 bits per heavy atom. The molecule has 6 aliphatic rings. The number of nitrogens with zero attached hydrogens (tertiary/aromatic N) is 2. The molecular formula is C24H35N3O4. The first kappa shape index (κ1) is 20.2. The number of carboxylic acids is 1. The molecule has 9 unspecified atom stereocenters. The summed E-state index contributed by atoms with van der Waals surface area (Å²) in [6.07, 6.45) is 11.8. The third-order valence-corrected chi connectivity index (χ3v) is 9.37. The van der Waals surface area contributed by atoms with Crippen LogP contribution in [0.4, 0.5) is 0 Å². The zero-order valence-electron chi connectivity index (χ0n) is 18.2. The van der Waals surface area contributed by atoms with Gasteiger partial charge >= 0.3 is 5.97 Å². The SMILES string of the molecule is NC1CCN(C2CCC3C(=O)C(C(=O)O)=CN4C5CC6CCCCC6CC5OC2C34)C1. The largest absolute Gasteiger partial charge is 0.478 e. The predicted molar refractivity (Wildman–Crippen MR) is 114 cm³/mol. The predicted octanol–water partition coefficient (Wildman–Crippen LogP) is 1.76. The van der Waals surface area contributed by atoms with E-state index in [2.05, 4.69) is 9.80 Å². The smallest absolute Gasteiger partial charge is 0.340 e. The van der Waals surface area contributed by atoms with Gasteiger partial charge < -0.3 is 20.5 Å². The van der Waals surface area contributed by atoms with Gasteiger partial charge in [-0.2, -0.15) is 0 Å². The molecule has 0 radical (unpaired) electrons. The normalized spacial score (nSPS) is 47.3. The molecule has 3 heterocycles. The molecule has 3 aliphatic heterocycles. The Kier molecular flexibility index (Phi) is 4.92. The van der Waals surface area contributed by atoms with Gasteiger partial charge in [-0.15, -0.1) is 0 Å². The van der Waals surface area contributed by atoms with E-state index in [1.807, 2.05) is 0 Å². The van der Waals surface area contributed by atoms with E-state index in [0.29, 0.717) is 5.92 Å². The van der Waals surface area contributed by atoms with E-state index in [0.717, 1.165) is 51.1 Å². The van der Waals surface area contributed by atoms with Crippen LogP contribution in [0.15, 0.2) is 11.8 Å². The van der Waals surface area contributed by atoms with Crippen LogP contribution in [0.25, 0.3) is 0 Å². The zero-order chi connectivity index (χ0) is 21.3. The van der Waals surface area contributed by atoms with E-state index in [1.165, 1.54) is 25.7 Å².